The number of aromatic nitrogens is 4. The number of rotatable bonds is 7. The molecule has 5 N–H and O–H groups in total. The molecule has 0 radical (unpaired) electrons. The van der Waals surface area contributed by atoms with E-state index >= 15 is 0 Å². The third kappa shape index (κ3) is 15.6. The zero-order valence-electron chi connectivity index (χ0n) is 35.3. The van der Waals surface area contributed by atoms with Crippen molar-refractivity contribution in [3.63, 3.8) is 0 Å². The van der Waals surface area contributed by atoms with Crippen molar-refractivity contribution in [3.8, 4) is 34.3 Å². The summed E-state index contributed by atoms with van der Waals surface area (Å²) in [5.41, 5.74) is -2.64. The van der Waals surface area contributed by atoms with Crippen molar-refractivity contribution < 1.29 is 82.5 Å². The number of quaternary nitrogens is 1. The Morgan fingerprint density at radius 2 is 0.924 bits per heavy atom. The van der Waals surface area contributed by atoms with Gasteiger partial charge >= 0.3 is 24.3 Å². The largest absolute Gasteiger partial charge is 0.593 e. The van der Waals surface area contributed by atoms with Crippen LogP contribution in [0.15, 0.2) is 85.5 Å². The lowest BCUT2D eigenvalue weighted by atomic mass is 10.1. The van der Waals surface area contributed by atoms with E-state index in [1.54, 1.807) is 19.3 Å². The monoisotopic (exact) mass is 945 g/mol. The number of hydrogen-bond acceptors (Lipinski definition) is 7. The highest BCUT2D eigenvalue weighted by molar-refractivity contribution is 5.92. The number of carbonyl (C=O) groups is 2. The number of carboxylic acids is 1. The quantitative estimate of drug-likeness (QED) is 0.0694. The molecule has 0 aliphatic heterocycles. The number of benzene rings is 4. The Hall–Kier alpha value is -7.10. The molecule has 66 heavy (non-hydrogen) atoms. The van der Waals surface area contributed by atoms with E-state index in [0.29, 0.717) is 23.5 Å². The third-order valence-corrected chi connectivity index (χ3v) is 8.07. The molecule has 2 heterocycles. The van der Waals surface area contributed by atoms with Crippen molar-refractivity contribution in [1.29, 1.82) is 0 Å². The molecule has 4 aromatic carbocycles. The van der Waals surface area contributed by atoms with Crippen LogP contribution in [0.5, 0.6) is 11.5 Å². The van der Waals surface area contributed by atoms with Crippen molar-refractivity contribution in [2.75, 3.05) is 0 Å². The number of nitrogens with two attached hydrogens (primary N) is 1. The first kappa shape index (κ1) is 53.2. The van der Waals surface area contributed by atoms with E-state index in [9.17, 15) is 62.3 Å². The summed E-state index contributed by atoms with van der Waals surface area (Å²) < 4.78 is 158. The van der Waals surface area contributed by atoms with Gasteiger partial charge in [0.2, 0.25) is 0 Å². The molecule has 22 heteroatoms. The van der Waals surface area contributed by atoms with Crippen LogP contribution in [0.3, 0.4) is 0 Å². The minimum atomic E-state index is -5.27. The molecule has 6 rings (SSSR count). The molecule has 0 amide bonds. The highest BCUT2D eigenvalue weighted by Crippen LogP contribution is 2.36. The van der Waals surface area contributed by atoms with E-state index in [0.717, 1.165) is 41.4 Å². The third-order valence-electron chi connectivity index (χ3n) is 8.07. The molecular formula is C44H39F12N5O5+2. The number of carbonyl (C=O) groups excluding carboxylic acids is 1. The molecule has 0 spiro atoms. The van der Waals surface area contributed by atoms with Gasteiger partial charge in [-0.25, -0.2) is 55.9 Å². The van der Waals surface area contributed by atoms with Crippen LogP contribution in [0, 0.1) is 48.8 Å². The first-order valence-electron chi connectivity index (χ1n) is 18.9. The molecule has 0 aliphatic rings. The lowest BCUT2D eigenvalue weighted by molar-refractivity contribution is -0.709. The molecule has 0 saturated heterocycles. The van der Waals surface area contributed by atoms with Gasteiger partial charge in [-0.3, -0.25) is 0 Å². The van der Waals surface area contributed by atoms with E-state index in [2.05, 4.69) is 57.7 Å². The lowest BCUT2D eigenvalue weighted by Crippen LogP contribution is -2.92. The second-order valence-corrected chi connectivity index (χ2v) is 14.5. The molecule has 2 aromatic heterocycles. The fourth-order valence-electron chi connectivity index (χ4n) is 5.39. The van der Waals surface area contributed by atoms with Crippen molar-refractivity contribution in [2.45, 2.75) is 66.0 Å². The minimum absolute atomic E-state index is 0.191. The van der Waals surface area contributed by atoms with Gasteiger partial charge < -0.3 is 20.3 Å². The van der Waals surface area contributed by atoms with Gasteiger partial charge in [-0.15, -0.1) is 0 Å². The Morgan fingerprint density at radius 1 is 0.576 bits per heavy atom. The maximum atomic E-state index is 14.3. The van der Waals surface area contributed by atoms with Crippen molar-refractivity contribution >= 4 is 11.9 Å². The summed E-state index contributed by atoms with van der Waals surface area (Å²) in [6, 6.07) is 9.62. The van der Waals surface area contributed by atoms with Gasteiger partial charge in [0, 0.05) is 48.0 Å². The number of esters is 1. The Bertz CT molecular complexity index is 2570. The SMILES string of the molecule is CC(C)[NH2+]C(C)C.Cc1cnc(-c2ccc(C(=O)O)c(F)c2)nc1.Cc1cnc(-c2ccc(C(=O)Oc3cc(F)c(C(F)(F)F)c(F)c3)c(F)c2)nc1.[OH2+]c1cc(F)c(C(F)(F)F)c(F)c1. The number of nitrogens with zero attached hydrogens (tertiary/aromatic N) is 4. The van der Waals surface area contributed by atoms with E-state index < -0.39 is 87.4 Å². The molecule has 6 aromatic rings. The number of ether oxygens (including phenoxy) is 1. The molecule has 0 aliphatic carbocycles. The number of aromatic carboxylic acids is 1. The summed E-state index contributed by atoms with van der Waals surface area (Å²) in [4.78, 5) is 38.8. The van der Waals surface area contributed by atoms with Crippen LogP contribution in [0.1, 0.15) is 70.7 Å². The summed E-state index contributed by atoms with van der Waals surface area (Å²) in [7, 11) is 0. The van der Waals surface area contributed by atoms with E-state index in [1.807, 2.05) is 6.92 Å². The van der Waals surface area contributed by atoms with E-state index in [4.69, 9.17) is 10.2 Å². The molecule has 352 valence electrons. The summed E-state index contributed by atoms with van der Waals surface area (Å²) in [5, 5.41) is 17.8. The normalized spacial score (nSPS) is 11.2. The molecule has 0 unspecified atom stereocenters. The van der Waals surface area contributed by atoms with Gasteiger partial charge in [-0.05, 0) is 76.9 Å². The standard InChI is InChI=1S/C19H10F6N2O2.C12H9FN2O2.C7H3F5O.C6H15N/c1-9-7-26-17(27-8-9)10-2-3-12(13(20)4-10)18(28)29-11-5-14(21)16(15(22)6-11)19(23,24)25;1-7-5-14-11(15-6-7)8-2-3-9(12(16)17)10(13)4-8;8-4-1-3(13)2-5(9)6(4)7(10,11)12;1-5(2)7-6(3)4/h2-8H,1H3;2-6H,1H3,(H,16,17);1-2,13H;5-7H,1-4H3/p+2. The maximum Gasteiger partial charge on any atom is 0.422 e. The maximum absolute atomic E-state index is 14.3. The Balaban J connectivity index is 0.000000264. The second kappa shape index (κ2) is 22.7. The molecule has 0 bridgehead atoms. The van der Waals surface area contributed by atoms with E-state index in [-0.39, 0.29) is 29.1 Å². The van der Waals surface area contributed by atoms with Gasteiger partial charge in [0.25, 0.3) is 5.75 Å². The van der Waals surface area contributed by atoms with Crippen LogP contribution in [-0.2, 0) is 12.4 Å². The van der Waals surface area contributed by atoms with Crippen LogP contribution in [0.2, 0.25) is 0 Å². The van der Waals surface area contributed by atoms with Crippen LogP contribution >= 0.6 is 0 Å². The molecule has 0 saturated carbocycles. The van der Waals surface area contributed by atoms with Gasteiger partial charge in [0.15, 0.2) is 11.6 Å². The predicted molar refractivity (Wildman–Crippen MR) is 214 cm³/mol. The van der Waals surface area contributed by atoms with Crippen LogP contribution in [0.25, 0.3) is 22.8 Å². The first-order chi connectivity index (χ1) is 30.6. The van der Waals surface area contributed by atoms with Gasteiger partial charge in [-0.1, -0.05) is 12.1 Å². The predicted octanol–water partition coefficient (Wildman–Crippen LogP) is 10.2. The van der Waals surface area contributed by atoms with Crippen molar-refractivity contribution in [3.05, 3.63) is 154 Å². The van der Waals surface area contributed by atoms with Crippen LogP contribution < -0.4 is 10.1 Å². The Labute approximate surface area is 368 Å². The number of halogens is 12. The fourth-order valence-corrected chi connectivity index (χ4v) is 5.39. The summed E-state index contributed by atoms with van der Waals surface area (Å²) in [6.45, 7) is 12.4. The summed E-state index contributed by atoms with van der Waals surface area (Å²) in [5.74, 6) is -12.9. The van der Waals surface area contributed by atoms with Crippen LogP contribution in [0.4, 0.5) is 52.7 Å². The Kier molecular flexibility index (Phi) is 18.3. The smallest absolute Gasteiger partial charge is 0.422 e. The van der Waals surface area contributed by atoms with Crippen LogP contribution in [-0.4, -0.2) is 54.2 Å². The van der Waals surface area contributed by atoms with Gasteiger partial charge in [-0.2, -0.15) is 26.3 Å². The zero-order chi connectivity index (χ0) is 49.8. The average molecular weight is 946 g/mol. The number of alkyl halides is 6. The summed E-state index contributed by atoms with van der Waals surface area (Å²) >= 11 is 0. The molecular weight excluding hydrogens is 906 g/mol. The fraction of sp³-hybridized carbons (Fsp3) is 0.227. The second-order valence-electron chi connectivity index (χ2n) is 14.5. The average Bonchev–Trinajstić information content (AvgIpc) is 3.16. The lowest BCUT2D eigenvalue weighted by Gasteiger charge is -2.11. The highest BCUT2D eigenvalue weighted by atomic mass is 19.4. The zero-order valence-corrected chi connectivity index (χ0v) is 35.3. The minimum Gasteiger partial charge on any atom is -0.593 e. The first-order valence-corrected chi connectivity index (χ1v) is 18.9. The van der Waals surface area contributed by atoms with E-state index in [1.165, 1.54) is 30.6 Å². The number of carboxylic acid groups (broad SMARTS) is 1. The molecule has 0 atom stereocenters. The summed E-state index contributed by atoms with van der Waals surface area (Å²) in [6.07, 6.45) is -4.08. The molecule has 0 fully saturated rings. The number of aryl methyl sites for hydroxylation is 2. The van der Waals surface area contributed by atoms with Crippen molar-refractivity contribution in [1.82, 2.24) is 19.9 Å². The van der Waals surface area contributed by atoms with Crippen molar-refractivity contribution in [2.24, 2.45) is 0 Å². The Morgan fingerprint density at radius 3 is 1.23 bits per heavy atom. The topological polar surface area (TPSA) is 155 Å². The van der Waals surface area contributed by atoms with Gasteiger partial charge in [0.05, 0.1) is 35.3 Å². The highest BCUT2D eigenvalue weighted by Gasteiger charge is 2.39. The molecule has 10 nitrogen and oxygen atoms in total. The van der Waals surface area contributed by atoms with Gasteiger partial charge in [0.1, 0.15) is 51.8 Å². The number of hydrogen-bond donors (Lipinski definition) is 2.